The van der Waals surface area contributed by atoms with Crippen LogP contribution in [0.25, 0.3) is 16.9 Å². The first-order valence-electron chi connectivity index (χ1n) is 8.53. The molecule has 0 atom stereocenters. The molecule has 2 aromatic heterocycles. The van der Waals surface area contributed by atoms with E-state index in [0.29, 0.717) is 5.56 Å². The molecule has 4 aromatic rings. The minimum absolute atomic E-state index is 0.130. The standard InChI is InChI=1S/C21H18N4O/c1-2-15-5-9-17(10-6-15)24-21(26)16-7-11-18(12-8-16)25-14-23-19-4-3-13-22-20(19)25/h3-14H,2H2,1H3,(H,24,26). The molecule has 26 heavy (non-hydrogen) atoms. The third kappa shape index (κ3) is 3.07. The van der Waals surface area contributed by atoms with E-state index in [9.17, 15) is 4.79 Å². The first kappa shape index (κ1) is 16.0. The van der Waals surface area contributed by atoms with Gasteiger partial charge in [0.05, 0.1) is 0 Å². The number of rotatable bonds is 4. The lowest BCUT2D eigenvalue weighted by Gasteiger charge is -2.08. The molecule has 0 unspecified atom stereocenters. The molecule has 0 radical (unpaired) electrons. The minimum Gasteiger partial charge on any atom is -0.322 e. The van der Waals surface area contributed by atoms with Crippen LogP contribution in [0.4, 0.5) is 5.69 Å². The molecule has 0 aliphatic carbocycles. The molecule has 0 aliphatic heterocycles. The minimum atomic E-state index is -0.130. The summed E-state index contributed by atoms with van der Waals surface area (Å²) in [5.74, 6) is -0.130. The van der Waals surface area contributed by atoms with Crippen LogP contribution in [-0.2, 0) is 6.42 Å². The number of aryl methyl sites for hydroxylation is 1. The number of carbonyl (C=O) groups is 1. The molecule has 0 aliphatic rings. The van der Waals surface area contributed by atoms with E-state index in [1.54, 1.807) is 24.7 Å². The summed E-state index contributed by atoms with van der Waals surface area (Å²) in [4.78, 5) is 21.1. The van der Waals surface area contributed by atoms with E-state index in [1.165, 1.54) is 5.56 Å². The van der Waals surface area contributed by atoms with Crippen molar-refractivity contribution >= 4 is 22.8 Å². The van der Waals surface area contributed by atoms with Gasteiger partial charge in [0.1, 0.15) is 11.8 Å². The van der Waals surface area contributed by atoms with Crippen LogP contribution in [0.2, 0.25) is 0 Å². The Balaban J connectivity index is 1.54. The molecule has 2 aromatic carbocycles. The summed E-state index contributed by atoms with van der Waals surface area (Å²) in [6, 6.07) is 19.1. The number of pyridine rings is 1. The molecule has 0 spiro atoms. The highest BCUT2D eigenvalue weighted by Gasteiger charge is 2.09. The van der Waals surface area contributed by atoms with E-state index in [4.69, 9.17) is 0 Å². The van der Waals surface area contributed by atoms with Gasteiger partial charge in [-0.3, -0.25) is 9.36 Å². The van der Waals surface area contributed by atoms with Gasteiger partial charge in [0.25, 0.3) is 5.91 Å². The first-order chi connectivity index (χ1) is 12.7. The zero-order valence-corrected chi connectivity index (χ0v) is 14.4. The third-order valence-electron chi connectivity index (χ3n) is 4.33. The summed E-state index contributed by atoms with van der Waals surface area (Å²) in [6.07, 6.45) is 4.46. The van der Waals surface area contributed by atoms with Crippen molar-refractivity contribution in [3.63, 3.8) is 0 Å². The number of fused-ring (bicyclic) bond motifs is 1. The summed E-state index contributed by atoms with van der Waals surface area (Å²) in [5.41, 5.74) is 5.18. The number of amides is 1. The van der Waals surface area contributed by atoms with Crippen LogP contribution in [0.5, 0.6) is 0 Å². The summed E-state index contributed by atoms with van der Waals surface area (Å²) in [6.45, 7) is 2.11. The second-order valence-electron chi connectivity index (χ2n) is 6.01. The third-order valence-corrected chi connectivity index (χ3v) is 4.33. The van der Waals surface area contributed by atoms with E-state index >= 15 is 0 Å². The fourth-order valence-electron chi connectivity index (χ4n) is 2.84. The van der Waals surface area contributed by atoms with Crippen molar-refractivity contribution < 1.29 is 4.79 Å². The van der Waals surface area contributed by atoms with Crippen LogP contribution in [0.15, 0.2) is 73.2 Å². The normalized spacial score (nSPS) is 10.8. The molecule has 0 saturated carbocycles. The van der Waals surface area contributed by atoms with Gasteiger partial charge in [0.15, 0.2) is 5.65 Å². The van der Waals surface area contributed by atoms with Gasteiger partial charge < -0.3 is 5.32 Å². The number of hydrogen-bond donors (Lipinski definition) is 1. The molecule has 0 bridgehead atoms. The maximum absolute atomic E-state index is 12.4. The molecular weight excluding hydrogens is 324 g/mol. The Morgan fingerprint density at radius 1 is 1.00 bits per heavy atom. The first-order valence-corrected chi connectivity index (χ1v) is 8.53. The van der Waals surface area contributed by atoms with Gasteiger partial charge in [-0.2, -0.15) is 0 Å². The highest BCUT2D eigenvalue weighted by Crippen LogP contribution is 2.17. The number of carbonyl (C=O) groups excluding carboxylic acids is 1. The van der Waals surface area contributed by atoms with Crippen molar-refractivity contribution in [1.29, 1.82) is 0 Å². The molecule has 4 rings (SSSR count). The highest BCUT2D eigenvalue weighted by atomic mass is 16.1. The average Bonchev–Trinajstić information content (AvgIpc) is 3.13. The van der Waals surface area contributed by atoms with Gasteiger partial charge in [-0.05, 0) is 60.5 Å². The van der Waals surface area contributed by atoms with Crippen LogP contribution in [0.1, 0.15) is 22.8 Å². The van der Waals surface area contributed by atoms with Gasteiger partial charge >= 0.3 is 0 Å². The Kier molecular flexibility index (Phi) is 4.19. The molecular formula is C21H18N4O. The summed E-state index contributed by atoms with van der Waals surface area (Å²) < 4.78 is 1.90. The van der Waals surface area contributed by atoms with Crippen LogP contribution in [0, 0.1) is 0 Å². The smallest absolute Gasteiger partial charge is 0.255 e. The van der Waals surface area contributed by atoms with Crippen molar-refractivity contribution in [3.8, 4) is 5.69 Å². The van der Waals surface area contributed by atoms with Crippen LogP contribution in [-0.4, -0.2) is 20.4 Å². The number of nitrogens with zero attached hydrogens (tertiary/aromatic N) is 3. The van der Waals surface area contributed by atoms with Gasteiger partial charge in [-0.25, -0.2) is 9.97 Å². The van der Waals surface area contributed by atoms with Crippen LogP contribution >= 0.6 is 0 Å². The lowest BCUT2D eigenvalue weighted by molar-refractivity contribution is 0.102. The monoisotopic (exact) mass is 342 g/mol. The number of aromatic nitrogens is 3. The molecule has 1 amide bonds. The van der Waals surface area contributed by atoms with E-state index in [2.05, 4.69) is 22.2 Å². The number of hydrogen-bond acceptors (Lipinski definition) is 3. The van der Waals surface area contributed by atoms with E-state index in [-0.39, 0.29) is 5.91 Å². The molecule has 0 fully saturated rings. The maximum atomic E-state index is 12.4. The fourth-order valence-corrected chi connectivity index (χ4v) is 2.84. The van der Waals surface area contributed by atoms with Crippen molar-refractivity contribution in [1.82, 2.24) is 14.5 Å². The SMILES string of the molecule is CCc1ccc(NC(=O)c2ccc(-n3cnc4cccnc43)cc2)cc1. The lowest BCUT2D eigenvalue weighted by Crippen LogP contribution is -2.11. The zero-order chi connectivity index (χ0) is 17.9. The van der Waals surface area contributed by atoms with Gasteiger partial charge in [0.2, 0.25) is 0 Å². The number of nitrogens with one attached hydrogen (secondary N) is 1. The predicted octanol–water partition coefficient (Wildman–Crippen LogP) is 4.24. The highest BCUT2D eigenvalue weighted by molar-refractivity contribution is 6.04. The zero-order valence-electron chi connectivity index (χ0n) is 14.4. The summed E-state index contributed by atoms with van der Waals surface area (Å²) >= 11 is 0. The van der Waals surface area contributed by atoms with Crippen molar-refractivity contribution in [3.05, 3.63) is 84.3 Å². The average molecular weight is 342 g/mol. The summed E-state index contributed by atoms with van der Waals surface area (Å²) in [7, 11) is 0. The molecule has 0 saturated heterocycles. The maximum Gasteiger partial charge on any atom is 0.255 e. The lowest BCUT2D eigenvalue weighted by atomic mass is 10.1. The summed E-state index contributed by atoms with van der Waals surface area (Å²) in [5, 5.41) is 2.92. The van der Waals surface area contributed by atoms with Crippen molar-refractivity contribution in [2.75, 3.05) is 5.32 Å². The Hall–Kier alpha value is -3.47. The van der Waals surface area contributed by atoms with E-state index in [0.717, 1.165) is 29.0 Å². The van der Waals surface area contributed by atoms with Gasteiger partial charge in [0, 0.05) is 23.1 Å². The molecule has 5 nitrogen and oxygen atoms in total. The van der Waals surface area contributed by atoms with E-state index < -0.39 is 0 Å². The second-order valence-corrected chi connectivity index (χ2v) is 6.01. The van der Waals surface area contributed by atoms with Crippen LogP contribution < -0.4 is 5.32 Å². The second kappa shape index (κ2) is 6.80. The van der Waals surface area contributed by atoms with Crippen molar-refractivity contribution in [2.24, 2.45) is 0 Å². The fraction of sp³-hybridized carbons (Fsp3) is 0.0952. The van der Waals surface area contributed by atoms with Gasteiger partial charge in [-0.1, -0.05) is 19.1 Å². The Morgan fingerprint density at radius 3 is 2.50 bits per heavy atom. The molecule has 2 heterocycles. The van der Waals surface area contributed by atoms with Crippen LogP contribution in [0.3, 0.4) is 0 Å². The largest absolute Gasteiger partial charge is 0.322 e. The van der Waals surface area contributed by atoms with Crippen molar-refractivity contribution in [2.45, 2.75) is 13.3 Å². The number of imidazole rings is 1. The molecule has 5 heteroatoms. The topological polar surface area (TPSA) is 59.8 Å². The predicted molar refractivity (Wildman–Crippen MR) is 103 cm³/mol. The Morgan fingerprint density at radius 2 is 1.77 bits per heavy atom. The Labute approximate surface area is 151 Å². The van der Waals surface area contributed by atoms with Gasteiger partial charge in [-0.15, -0.1) is 0 Å². The quantitative estimate of drug-likeness (QED) is 0.603. The van der Waals surface area contributed by atoms with E-state index in [1.807, 2.05) is 53.1 Å². The molecule has 1 N–H and O–H groups in total. The molecule has 128 valence electrons. The number of anilines is 1. The number of benzene rings is 2. The Bertz CT molecular complexity index is 1050.